The summed E-state index contributed by atoms with van der Waals surface area (Å²) < 4.78 is 43.1. The van der Waals surface area contributed by atoms with Gasteiger partial charge in [-0.1, -0.05) is 0 Å². The first-order chi connectivity index (χ1) is 17.1. The molecule has 36 heavy (non-hydrogen) atoms. The minimum atomic E-state index is -4.35. The quantitative estimate of drug-likeness (QED) is 0.670. The van der Waals surface area contributed by atoms with Crippen molar-refractivity contribution in [1.82, 2.24) is 35.2 Å². The minimum Gasteiger partial charge on any atom is -0.424 e. The molecule has 1 spiro atoms. The number of aromatic nitrogens is 5. The highest BCUT2D eigenvalue weighted by atomic mass is 19.4. The number of carbonyl (C=O) groups is 1. The van der Waals surface area contributed by atoms with Gasteiger partial charge in [-0.15, -0.1) is 10.2 Å². The number of amides is 2. The summed E-state index contributed by atoms with van der Waals surface area (Å²) in [5, 5.41) is 15.1. The molecule has 0 atom stereocenters. The average molecular weight is 504 g/mol. The first-order valence-electron chi connectivity index (χ1n) is 13.0. The predicted octanol–water partition coefficient (Wildman–Crippen LogP) is 3.52. The van der Waals surface area contributed by atoms with Crippen LogP contribution in [-0.2, 0) is 11.8 Å². The Morgan fingerprint density at radius 3 is 2.44 bits per heavy atom. The topological polar surface area (TPSA) is 104 Å². The standard InChI is InChI=1S/C24H28F3N7O2/c25-24(26,27)5-16-29-32-19(36-16)23-8-22(9-23,10-23)15-6-33(7-15)20(35)34-11-21(12-34)3-14(4-21)18-28-17(30-31-18)13-1-2-13/h13-15H,1-12H2,(H,28,30,31). The minimum absolute atomic E-state index is 0.143. The molecule has 5 saturated carbocycles. The van der Waals surface area contributed by atoms with Crippen LogP contribution in [0.5, 0.6) is 0 Å². The van der Waals surface area contributed by atoms with Gasteiger partial charge in [-0.2, -0.15) is 18.3 Å². The fourth-order valence-corrected chi connectivity index (χ4v) is 7.79. The first-order valence-corrected chi connectivity index (χ1v) is 13.0. The molecule has 1 N–H and O–H groups in total. The van der Waals surface area contributed by atoms with E-state index in [9.17, 15) is 18.0 Å². The Balaban J connectivity index is 0.797. The Hall–Kier alpha value is -2.66. The second-order valence-corrected chi connectivity index (χ2v) is 12.7. The molecule has 9 rings (SSSR count). The van der Waals surface area contributed by atoms with Crippen LogP contribution in [0.25, 0.3) is 0 Å². The van der Waals surface area contributed by atoms with Crippen molar-refractivity contribution < 1.29 is 22.4 Å². The molecule has 0 aromatic carbocycles. The molecule has 4 heterocycles. The van der Waals surface area contributed by atoms with E-state index in [1.54, 1.807) is 0 Å². The van der Waals surface area contributed by atoms with Gasteiger partial charge in [-0.25, -0.2) is 9.78 Å². The summed E-state index contributed by atoms with van der Waals surface area (Å²) in [6, 6.07) is 0.143. The zero-order chi connectivity index (χ0) is 24.5. The second-order valence-electron chi connectivity index (χ2n) is 12.7. The molecule has 2 aliphatic heterocycles. The lowest BCUT2D eigenvalue weighted by atomic mass is 9.31. The number of aromatic amines is 1. The van der Waals surface area contributed by atoms with Crippen molar-refractivity contribution >= 4 is 6.03 Å². The van der Waals surface area contributed by atoms with Gasteiger partial charge >= 0.3 is 12.2 Å². The number of rotatable bonds is 5. The highest BCUT2D eigenvalue weighted by Gasteiger charge is 2.74. The highest BCUT2D eigenvalue weighted by Crippen LogP contribution is 2.77. The normalized spacial score (nSPS) is 33.0. The molecular formula is C24H28F3N7O2. The Morgan fingerprint density at radius 2 is 1.78 bits per heavy atom. The van der Waals surface area contributed by atoms with E-state index >= 15 is 0 Å². The number of urea groups is 1. The van der Waals surface area contributed by atoms with Crippen molar-refractivity contribution in [3.05, 3.63) is 23.4 Å². The fourth-order valence-electron chi connectivity index (χ4n) is 7.79. The van der Waals surface area contributed by atoms with Gasteiger partial charge in [0.05, 0.1) is 5.41 Å². The fraction of sp³-hybridized carbons (Fsp3) is 0.792. The van der Waals surface area contributed by atoms with E-state index in [2.05, 4.69) is 20.4 Å². The third-order valence-electron chi connectivity index (χ3n) is 9.89. The summed E-state index contributed by atoms with van der Waals surface area (Å²) in [6.07, 6.45) is 1.64. The Kier molecular flexibility index (Phi) is 3.93. The Morgan fingerprint density at radius 1 is 1.06 bits per heavy atom. The van der Waals surface area contributed by atoms with E-state index in [1.807, 2.05) is 9.80 Å². The molecule has 7 fully saturated rings. The van der Waals surface area contributed by atoms with Crippen LogP contribution >= 0.6 is 0 Å². The predicted molar refractivity (Wildman–Crippen MR) is 117 cm³/mol. The smallest absolute Gasteiger partial charge is 0.397 e. The molecule has 2 amide bonds. The van der Waals surface area contributed by atoms with Gasteiger partial charge in [-0.3, -0.25) is 5.10 Å². The van der Waals surface area contributed by atoms with Crippen LogP contribution in [0.2, 0.25) is 0 Å². The van der Waals surface area contributed by atoms with E-state index in [4.69, 9.17) is 9.40 Å². The molecule has 2 bridgehead atoms. The number of likely N-dealkylation sites (tertiary alicyclic amines) is 2. The summed E-state index contributed by atoms with van der Waals surface area (Å²) in [4.78, 5) is 21.6. The van der Waals surface area contributed by atoms with Crippen molar-refractivity contribution in [1.29, 1.82) is 0 Å². The van der Waals surface area contributed by atoms with Crippen molar-refractivity contribution in [2.75, 3.05) is 26.2 Å². The van der Waals surface area contributed by atoms with E-state index in [0.717, 1.165) is 69.9 Å². The molecule has 5 aliphatic carbocycles. The van der Waals surface area contributed by atoms with Crippen molar-refractivity contribution in [2.24, 2.45) is 16.7 Å². The van der Waals surface area contributed by atoms with Gasteiger partial charge in [0, 0.05) is 43.4 Å². The molecule has 9 nitrogen and oxygen atoms in total. The lowest BCUT2D eigenvalue weighted by Crippen LogP contribution is -2.74. The Labute approximate surface area is 205 Å². The van der Waals surface area contributed by atoms with Crippen LogP contribution in [0.4, 0.5) is 18.0 Å². The van der Waals surface area contributed by atoms with Crippen molar-refractivity contribution in [2.45, 2.75) is 74.8 Å². The van der Waals surface area contributed by atoms with Gasteiger partial charge in [0.25, 0.3) is 0 Å². The summed E-state index contributed by atoms with van der Waals surface area (Å²) in [7, 11) is 0. The maximum absolute atomic E-state index is 13.0. The van der Waals surface area contributed by atoms with E-state index in [1.165, 1.54) is 12.8 Å². The molecule has 0 unspecified atom stereocenters. The molecule has 2 aromatic rings. The maximum Gasteiger partial charge on any atom is 0.397 e. The number of alkyl halides is 3. The number of halogens is 3. The monoisotopic (exact) mass is 503 g/mol. The van der Waals surface area contributed by atoms with Crippen LogP contribution in [0, 0.1) is 16.7 Å². The zero-order valence-corrected chi connectivity index (χ0v) is 19.9. The second kappa shape index (κ2) is 6.61. The van der Waals surface area contributed by atoms with Crippen LogP contribution in [0.15, 0.2) is 4.42 Å². The largest absolute Gasteiger partial charge is 0.424 e. The molecule has 192 valence electrons. The molecule has 0 radical (unpaired) electrons. The van der Waals surface area contributed by atoms with Crippen LogP contribution in [0.3, 0.4) is 0 Å². The summed E-state index contributed by atoms with van der Waals surface area (Å²) >= 11 is 0. The van der Waals surface area contributed by atoms with E-state index < -0.39 is 12.6 Å². The summed E-state index contributed by atoms with van der Waals surface area (Å²) in [5.41, 5.74) is 0.192. The summed E-state index contributed by atoms with van der Waals surface area (Å²) in [6.45, 7) is 3.20. The van der Waals surface area contributed by atoms with E-state index in [0.29, 0.717) is 23.6 Å². The number of carbonyl (C=O) groups excluding carboxylic acids is 1. The third kappa shape index (κ3) is 3.04. The maximum atomic E-state index is 13.0. The van der Waals surface area contributed by atoms with Crippen LogP contribution in [0.1, 0.15) is 80.2 Å². The van der Waals surface area contributed by atoms with Crippen LogP contribution in [-0.4, -0.2) is 73.6 Å². The van der Waals surface area contributed by atoms with Gasteiger partial charge in [0.2, 0.25) is 11.8 Å². The van der Waals surface area contributed by atoms with Crippen molar-refractivity contribution in [3.63, 3.8) is 0 Å². The van der Waals surface area contributed by atoms with Crippen LogP contribution < -0.4 is 0 Å². The van der Waals surface area contributed by atoms with Crippen molar-refractivity contribution in [3.8, 4) is 0 Å². The SMILES string of the molecule is O=C(N1CC(C23CC(c4nnc(CC(F)(F)F)o4)(C2)C3)C1)N1CC2(CC(c3n[nH]c(C4CC4)n3)C2)C1. The first kappa shape index (κ1) is 21.4. The molecular weight excluding hydrogens is 475 g/mol. The van der Waals surface area contributed by atoms with Gasteiger partial charge in [0.15, 0.2) is 5.82 Å². The summed E-state index contributed by atoms with van der Waals surface area (Å²) in [5.74, 6) is 3.45. The molecule has 2 saturated heterocycles. The van der Waals surface area contributed by atoms with Gasteiger partial charge in [0.1, 0.15) is 12.2 Å². The lowest BCUT2D eigenvalue weighted by molar-refractivity contribution is -0.217. The third-order valence-corrected chi connectivity index (χ3v) is 9.89. The average Bonchev–Trinajstić information content (AvgIpc) is 3.22. The van der Waals surface area contributed by atoms with Gasteiger partial charge < -0.3 is 14.2 Å². The number of nitrogens with zero attached hydrogens (tertiary/aromatic N) is 6. The molecule has 2 aromatic heterocycles. The molecule has 12 heteroatoms. The highest BCUT2D eigenvalue weighted by molar-refractivity contribution is 5.76. The Bertz CT molecular complexity index is 1210. The number of hydrogen-bond acceptors (Lipinski definition) is 6. The number of nitrogens with one attached hydrogen (secondary N) is 1. The van der Waals surface area contributed by atoms with Gasteiger partial charge in [-0.05, 0) is 56.3 Å². The number of hydrogen-bond donors (Lipinski definition) is 1. The molecule has 7 aliphatic rings. The zero-order valence-electron chi connectivity index (χ0n) is 19.9. The number of H-pyrrole nitrogens is 1. The van der Waals surface area contributed by atoms with E-state index in [-0.39, 0.29) is 28.2 Å². The lowest BCUT2D eigenvalue weighted by Gasteiger charge is -2.74.